The zero-order chi connectivity index (χ0) is 12.7. The monoisotopic (exact) mass is 274 g/mol. The van der Waals surface area contributed by atoms with Gasteiger partial charge in [0.25, 0.3) is 0 Å². The van der Waals surface area contributed by atoms with Gasteiger partial charge in [-0.25, -0.2) is 0 Å². The highest BCUT2D eigenvalue weighted by atomic mass is 32.2. The average molecular weight is 274 g/mol. The van der Waals surface area contributed by atoms with E-state index < -0.39 is 6.10 Å². The standard InChI is InChI=1S/C11H18N2O4S/c1-16-7-3-13(4-7)11-12-9-8(15)2-6(5-14)17-10(9)18-11/h6-10,14-15H,2-5H2,1H3/t6-,8-,9+,10+/m0/s1. The molecule has 3 aliphatic heterocycles. The van der Waals surface area contributed by atoms with Crippen LogP contribution >= 0.6 is 11.8 Å². The molecule has 0 saturated carbocycles. The first-order valence-corrected chi connectivity index (χ1v) is 7.06. The van der Waals surface area contributed by atoms with Gasteiger partial charge in [-0.2, -0.15) is 0 Å². The number of amidine groups is 1. The predicted molar refractivity (Wildman–Crippen MR) is 67.6 cm³/mol. The first-order chi connectivity index (χ1) is 8.71. The normalized spacial score (nSPS) is 40.4. The molecule has 6 nitrogen and oxygen atoms in total. The van der Waals surface area contributed by atoms with E-state index >= 15 is 0 Å². The molecule has 2 fully saturated rings. The summed E-state index contributed by atoms with van der Waals surface area (Å²) >= 11 is 1.54. The summed E-state index contributed by atoms with van der Waals surface area (Å²) in [6.07, 6.45) is -0.0563. The average Bonchev–Trinajstić information content (AvgIpc) is 2.71. The molecular formula is C11H18N2O4S. The minimum atomic E-state index is -0.523. The van der Waals surface area contributed by atoms with Crippen molar-refractivity contribution in [1.82, 2.24) is 4.90 Å². The Morgan fingerprint density at radius 1 is 1.56 bits per heavy atom. The van der Waals surface area contributed by atoms with E-state index in [0.29, 0.717) is 6.42 Å². The summed E-state index contributed by atoms with van der Waals surface area (Å²) < 4.78 is 10.9. The van der Waals surface area contributed by atoms with E-state index in [1.165, 1.54) is 0 Å². The smallest absolute Gasteiger partial charge is 0.162 e. The second-order valence-electron chi connectivity index (χ2n) is 4.89. The Kier molecular flexibility index (Phi) is 3.50. The topological polar surface area (TPSA) is 74.5 Å². The van der Waals surface area contributed by atoms with Gasteiger partial charge < -0.3 is 24.6 Å². The van der Waals surface area contributed by atoms with Gasteiger partial charge in [0.05, 0.1) is 24.9 Å². The minimum absolute atomic E-state index is 0.0500. The summed E-state index contributed by atoms with van der Waals surface area (Å²) in [4.78, 5) is 6.68. The van der Waals surface area contributed by atoms with E-state index in [4.69, 9.17) is 14.6 Å². The lowest BCUT2D eigenvalue weighted by atomic mass is 10.0. The van der Waals surface area contributed by atoms with E-state index in [1.54, 1.807) is 18.9 Å². The zero-order valence-corrected chi connectivity index (χ0v) is 11.0. The van der Waals surface area contributed by atoms with Crippen LogP contribution in [0.4, 0.5) is 0 Å². The van der Waals surface area contributed by atoms with Crippen molar-refractivity contribution in [2.75, 3.05) is 26.8 Å². The Hall–Kier alpha value is -0.340. The maximum Gasteiger partial charge on any atom is 0.162 e. The molecule has 0 aromatic heterocycles. The van der Waals surface area contributed by atoms with Crippen LogP contribution < -0.4 is 0 Å². The molecule has 3 heterocycles. The van der Waals surface area contributed by atoms with E-state index in [9.17, 15) is 5.11 Å². The molecule has 0 unspecified atom stereocenters. The lowest BCUT2D eigenvalue weighted by Crippen LogP contribution is -2.53. The largest absolute Gasteiger partial charge is 0.394 e. The van der Waals surface area contributed by atoms with Crippen molar-refractivity contribution in [2.45, 2.75) is 36.2 Å². The van der Waals surface area contributed by atoms with Gasteiger partial charge in [-0.3, -0.25) is 4.99 Å². The van der Waals surface area contributed by atoms with Crippen molar-refractivity contribution >= 4 is 16.9 Å². The number of aliphatic hydroxyl groups excluding tert-OH is 2. The molecule has 7 heteroatoms. The van der Waals surface area contributed by atoms with Gasteiger partial charge in [-0.1, -0.05) is 11.8 Å². The van der Waals surface area contributed by atoms with Gasteiger partial charge in [0.1, 0.15) is 11.5 Å². The van der Waals surface area contributed by atoms with Crippen LogP contribution in [0.15, 0.2) is 4.99 Å². The quantitative estimate of drug-likeness (QED) is 0.691. The molecule has 3 aliphatic rings. The van der Waals surface area contributed by atoms with Crippen molar-refractivity contribution in [3.8, 4) is 0 Å². The molecule has 4 atom stereocenters. The third kappa shape index (κ3) is 2.14. The second kappa shape index (κ2) is 4.97. The zero-order valence-electron chi connectivity index (χ0n) is 10.2. The maximum atomic E-state index is 10.0. The highest BCUT2D eigenvalue weighted by Gasteiger charge is 2.45. The van der Waals surface area contributed by atoms with E-state index in [1.807, 2.05) is 0 Å². The number of hydrogen-bond donors (Lipinski definition) is 2. The lowest BCUT2D eigenvalue weighted by molar-refractivity contribution is -0.0875. The van der Waals surface area contributed by atoms with Crippen LogP contribution in [0.3, 0.4) is 0 Å². The molecule has 2 N–H and O–H groups in total. The number of fused-ring (bicyclic) bond motifs is 1. The van der Waals surface area contributed by atoms with Gasteiger partial charge in [0.2, 0.25) is 0 Å². The van der Waals surface area contributed by atoms with Crippen LogP contribution in [0.5, 0.6) is 0 Å². The Morgan fingerprint density at radius 3 is 3.00 bits per heavy atom. The lowest BCUT2D eigenvalue weighted by Gasteiger charge is -2.39. The second-order valence-corrected chi connectivity index (χ2v) is 5.96. The molecule has 2 saturated heterocycles. The highest BCUT2D eigenvalue weighted by Crippen LogP contribution is 2.38. The molecule has 0 amide bonds. The van der Waals surface area contributed by atoms with Crippen molar-refractivity contribution in [3.05, 3.63) is 0 Å². The Labute approximate surface area is 110 Å². The summed E-state index contributed by atoms with van der Waals surface area (Å²) in [5.74, 6) is 0. The van der Waals surface area contributed by atoms with Crippen LogP contribution in [0.2, 0.25) is 0 Å². The summed E-state index contributed by atoms with van der Waals surface area (Å²) in [7, 11) is 1.71. The number of aliphatic hydroxyl groups is 2. The molecule has 102 valence electrons. The number of aliphatic imine (C=N–C) groups is 1. The predicted octanol–water partition coefficient (Wildman–Crippen LogP) is -0.743. The molecule has 0 spiro atoms. The van der Waals surface area contributed by atoms with Gasteiger partial charge in [-0.15, -0.1) is 0 Å². The Balaban J connectivity index is 1.62. The van der Waals surface area contributed by atoms with Crippen LogP contribution in [0.1, 0.15) is 6.42 Å². The van der Waals surface area contributed by atoms with Gasteiger partial charge in [0, 0.05) is 26.6 Å². The van der Waals surface area contributed by atoms with Crippen molar-refractivity contribution < 1.29 is 19.7 Å². The SMILES string of the molecule is COC1CN(C2=N[C@H]3[C@H](O[C@H](CO)C[C@@H]3O)S2)C1. The summed E-state index contributed by atoms with van der Waals surface area (Å²) in [5.41, 5.74) is -0.164. The molecule has 0 aromatic carbocycles. The minimum Gasteiger partial charge on any atom is -0.394 e. The van der Waals surface area contributed by atoms with Crippen molar-refractivity contribution in [3.63, 3.8) is 0 Å². The van der Waals surface area contributed by atoms with Crippen LogP contribution in [-0.2, 0) is 9.47 Å². The first kappa shape index (κ1) is 12.7. The van der Waals surface area contributed by atoms with Crippen molar-refractivity contribution in [2.24, 2.45) is 4.99 Å². The van der Waals surface area contributed by atoms with Crippen LogP contribution in [0.25, 0.3) is 0 Å². The number of hydrogen-bond acceptors (Lipinski definition) is 7. The number of thioether (sulfide) groups is 1. The molecule has 3 rings (SSSR count). The van der Waals surface area contributed by atoms with Crippen LogP contribution in [-0.4, -0.2) is 76.9 Å². The molecule has 0 bridgehead atoms. The summed E-state index contributed by atoms with van der Waals surface area (Å²) in [6.45, 7) is 1.65. The fourth-order valence-corrected chi connectivity index (χ4v) is 3.72. The first-order valence-electron chi connectivity index (χ1n) is 6.18. The number of nitrogens with zero attached hydrogens (tertiary/aromatic N) is 2. The number of likely N-dealkylation sites (tertiary alicyclic amines) is 1. The van der Waals surface area contributed by atoms with Gasteiger partial charge in [-0.05, 0) is 0 Å². The number of ether oxygens (including phenoxy) is 2. The Morgan fingerprint density at radius 2 is 2.33 bits per heavy atom. The van der Waals surface area contributed by atoms with Gasteiger partial charge in [0.15, 0.2) is 5.17 Å². The molecule has 18 heavy (non-hydrogen) atoms. The molecular weight excluding hydrogens is 256 g/mol. The van der Waals surface area contributed by atoms with Crippen molar-refractivity contribution in [1.29, 1.82) is 0 Å². The van der Waals surface area contributed by atoms with Crippen LogP contribution in [0, 0.1) is 0 Å². The molecule has 0 aromatic rings. The van der Waals surface area contributed by atoms with E-state index in [2.05, 4.69) is 9.89 Å². The van der Waals surface area contributed by atoms with Gasteiger partial charge >= 0.3 is 0 Å². The summed E-state index contributed by atoms with van der Waals surface area (Å²) in [5, 5.41) is 20.1. The highest BCUT2D eigenvalue weighted by molar-refractivity contribution is 8.14. The third-order valence-corrected chi connectivity index (χ3v) is 4.84. The summed E-state index contributed by atoms with van der Waals surface area (Å²) in [6, 6.07) is -0.200. The van der Waals surface area contributed by atoms with E-state index in [0.717, 1.165) is 18.3 Å². The molecule has 0 aliphatic carbocycles. The third-order valence-electron chi connectivity index (χ3n) is 3.64. The number of rotatable bonds is 2. The van der Waals surface area contributed by atoms with E-state index in [-0.39, 0.29) is 30.3 Å². The fraction of sp³-hybridized carbons (Fsp3) is 0.909. The number of methoxy groups -OCH3 is 1. The molecule has 0 radical (unpaired) electrons. The fourth-order valence-electron chi connectivity index (χ4n) is 2.44. The Bertz CT molecular complexity index is 348. The maximum absolute atomic E-state index is 10.0.